The lowest BCUT2D eigenvalue weighted by atomic mass is 10.2. The van der Waals surface area contributed by atoms with E-state index in [-0.39, 0.29) is 5.91 Å². The molecule has 3 aromatic rings. The molecule has 0 saturated carbocycles. The van der Waals surface area contributed by atoms with Gasteiger partial charge >= 0.3 is 0 Å². The third kappa shape index (κ3) is 4.07. The molecule has 0 aliphatic rings. The molecule has 0 saturated heterocycles. The summed E-state index contributed by atoms with van der Waals surface area (Å²) in [5.74, 6) is -0.133. The molecule has 1 N–H and O–H groups in total. The summed E-state index contributed by atoms with van der Waals surface area (Å²) < 4.78 is 5.49. The van der Waals surface area contributed by atoms with E-state index in [0.29, 0.717) is 12.2 Å². The van der Waals surface area contributed by atoms with Crippen LogP contribution < -0.4 is 5.32 Å². The number of hydrogen-bond acceptors (Lipinski definition) is 3. The van der Waals surface area contributed by atoms with Crippen molar-refractivity contribution in [1.29, 1.82) is 0 Å². The first-order valence-corrected chi connectivity index (χ1v) is 9.72. The Balaban J connectivity index is 1.67. The van der Waals surface area contributed by atoms with Gasteiger partial charge < -0.3 is 5.32 Å². The van der Waals surface area contributed by atoms with Crippen LogP contribution >= 0.6 is 31.9 Å². The fraction of sp³-hybridized carbons (Fsp3) is 0.278. The number of hydrogen-bond donors (Lipinski definition) is 1. The topological polar surface area (TPSA) is 64.7 Å². The molecule has 0 aliphatic carbocycles. The third-order valence-corrected chi connectivity index (χ3v) is 5.82. The van der Waals surface area contributed by atoms with E-state index in [1.807, 2.05) is 51.2 Å². The van der Waals surface area contributed by atoms with Gasteiger partial charge in [-0.3, -0.25) is 14.2 Å². The van der Waals surface area contributed by atoms with Crippen molar-refractivity contribution in [3.05, 3.63) is 62.6 Å². The Morgan fingerprint density at radius 1 is 1.23 bits per heavy atom. The van der Waals surface area contributed by atoms with Crippen molar-refractivity contribution in [3.63, 3.8) is 0 Å². The van der Waals surface area contributed by atoms with E-state index >= 15 is 0 Å². The van der Waals surface area contributed by atoms with E-state index in [2.05, 4.69) is 47.4 Å². The van der Waals surface area contributed by atoms with Gasteiger partial charge in [0.2, 0.25) is 5.91 Å². The van der Waals surface area contributed by atoms with Gasteiger partial charge in [0.25, 0.3) is 0 Å². The number of carbonyl (C=O) groups excluding carboxylic acids is 1. The van der Waals surface area contributed by atoms with Crippen molar-refractivity contribution in [2.75, 3.05) is 5.32 Å². The maximum absolute atomic E-state index is 12.6. The second kappa shape index (κ2) is 7.75. The molecule has 6 nitrogen and oxygen atoms in total. The van der Waals surface area contributed by atoms with Gasteiger partial charge in [0, 0.05) is 10.7 Å². The Morgan fingerprint density at radius 2 is 1.92 bits per heavy atom. The van der Waals surface area contributed by atoms with Crippen LogP contribution in [0.3, 0.4) is 0 Å². The quantitative estimate of drug-likeness (QED) is 0.585. The van der Waals surface area contributed by atoms with E-state index in [1.165, 1.54) is 0 Å². The Hall–Kier alpha value is -1.93. The summed E-state index contributed by atoms with van der Waals surface area (Å²) in [6, 6.07) is 7.64. The molecule has 0 radical (unpaired) electrons. The number of amides is 1. The first-order valence-electron chi connectivity index (χ1n) is 8.14. The van der Waals surface area contributed by atoms with Crippen LogP contribution in [-0.4, -0.2) is 25.5 Å². The van der Waals surface area contributed by atoms with Crippen molar-refractivity contribution in [3.8, 4) is 0 Å². The van der Waals surface area contributed by atoms with E-state index in [0.717, 1.165) is 25.9 Å². The van der Waals surface area contributed by atoms with Gasteiger partial charge in [0.15, 0.2) is 0 Å². The van der Waals surface area contributed by atoms with Crippen molar-refractivity contribution in [2.45, 2.75) is 33.4 Å². The SMILES string of the molecule is Cc1nn(C(C)C(=O)Nc2cnn(Cc3ccc(Br)cc3)c2)c(C)c1Br. The zero-order valence-electron chi connectivity index (χ0n) is 14.7. The molecule has 0 bridgehead atoms. The Kier molecular flexibility index (Phi) is 5.62. The van der Waals surface area contributed by atoms with Crippen LogP contribution in [-0.2, 0) is 11.3 Å². The van der Waals surface area contributed by atoms with Gasteiger partial charge in [0.1, 0.15) is 6.04 Å². The van der Waals surface area contributed by atoms with E-state index < -0.39 is 6.04 Å². The predicted octanol–water partition coefficient (Wildman–Crippen LogP) is 4.47. The minimum atomic E-state index is -0.421. The fourth-order valence-electron chi connectivity index (χ4n) is 2.67. The molecule has 1 aromatic carbocycles. The number of carbonyl (C=O) groups is 1. The zero-order valence-corrected chi connectivity index (χ0v) is 17.9. The Labute approximate surface area is 168 Å². The molecular formula is C18H19Br2N5O. The Bertz CT molecular complexity index is 930. The number of rotatable bonds is 5. The van der Waals surface area contributed by atoms with Crippen LogP contribution in [0.15, 0.2) is 45.6 Å². The highest BCUT2D eigenvalue weighted by molar-refractivity contribution is 9.10. The molecular weight excluding hydrogens is 462 g/mol. The highest BCUT2D eigenvalue weighted by Gasteiger charge is 2.20. The number of anilines is 1. The van der Waals surface area contributed by atoms with Crippen LogP contribution in [0.5, 0.6) is 0 Å². The monoisotopic (exact) mass is 479 g/mol. The zero-order chi connectivity index (χ0) is 18.8. The van der Waals surface area contributed by atoms with Crippen LogP contribution in [0.2, 0.25) is 0 Å². The molecule has 0 fully saturated rings. The maximum Gasteiger partial charge on any atom is 0.249 e. The summed E-state index contributed by atoms with van der Waals surface area (Å²) in [6.07, 6.45) is 3.48. The van der Waals surface area contributed by atoms with E-state index in [1.54, 1.807) is 15.6 Å². The summed E-state index contributed by atoms with van der Waals surface area (Å²) in [7, 11) is 0. The number of nitrogens with zero attached hydrogens (tertiary/aromatic N) is 4. The summed E-state index contributed by atoms with van der Waals surface area (Å²) in [5, 5.41) is 11.6. The second-order valence-corrected chi connectivity index (χ2v) is 7.86. The predicted molar refractivity (Wildman–Crippen MR) is 108 cm³/mol. The number of nitrogens with one attached hydrogen (secondary N) is 1. The van der Waals surface area contributed by atoms with Crippen molar-refractivity contribution in [1.82, 2.24) is 19.6 Å². The summed E-state index contributed by atoms with van der Waals surface area (Å²) in [5.41, 5.74) is 3.59. The van der Waals surface area contributed by atoms with Crippen LogP contribution in [0.25, 0.3) is 0 Å². The van der Waals surface area contributed by atoms with Gasteiger partial charge in [-0.1, -0.05) is 28.1 Å². The molecule has 0 spiro atoms. The first kappa shape index (κ1) is 18.8. The molecule has 26 heavy (non-hydrogen) atoms. The molecule has 2 aromatic heterocycles. The normalized spacial score (nSPS) is 12.2. The molecule has 3 rings (SSSR count). The highest BCUT2D eigenvalue weighted by Crippen LogP contribution is 2.23. The number of aromatic nitrogens is 4. The fourth-order valence-corrected chi connectivity index (χ4v) is 3.19. The molecule has 1 atom stereocenters. The average Bonchev–Trinajstić information content (AvgIpc) is 3.15. The van der Waals surface area contributed by atoms with Gasteiger partial charge in [-0.05, 0) is 54.4 Å². The summed E-state index contributed by atoms with van der Waals surface area (Å²) in [4.78, 5) is 12.6. The van der Waals surface area contributed by atoms with Gasteiger partial charge in [-0.25, -0.2) is 0 Å². The molecule has 0 aliphatic heterocycles. The first-order chi connectivity index (χ1) is 12.3. The van der Waals surface area contributed by atoms with Crippen molar-refractivity contribution < 1.29 is 4.79 Å². The smallest absolute Gasteiger partial charge is 0.249 e. The average molecular weight is 481 g/mol. The minimum absolute atomic E-state index is 0.133. The van der Waals surface area contributed by atoms with Crippen LogP contribution in [0.4, 0.5) is 5.69 Å². The van der Waals surface area contributed by atoms with Gasteiger partial charge in [0.05, 0.1) is 34.3 Å². The van der Waals surface area contributed by atoms with E-state index in [4.69, 9.17) is 0 Å². The third-order valence-electron chi connectivity index (χ3n) is 4.14. The van der Waals surface area contributed by atoms with Gasteiger partial charge in [-0.15, -0.1) is 0 Å². The lowest BCUT2D eigenvalue weighted by Crippen LogP contribution is -2.25. The van der Waals surface area contributed by atoms with Gasteiger partial charge in [-0.2, -0.15) is 10.2 Å². The van der Waals surface area contributed by atoms with Crippen LogP contribution in [0, 0.1) is 13.8 Å². The van der Waals surface area contributed by atoms with Crippen LogP contribution in [0.1, 0.15) is 29.9 Å². The maximum atomic E-state index is 12.6. The van der Waals surface area contributed by atoms with Crippen molar-refractivity contribution in [2.24, 2.45) is 0 Å². The van der Waals surface area contributed by atoms with E-state index in [9.17, 15) is 4.79 Å². The van der Waals surface area contributed by atoms with Crippen molar-refractivity contribution >= 4 is 43.5 Å². The second-order valence-electron chi connectivity index (χ2n) is 6.15. The summed E-state index contributed by atoms with van der Waals surface area (Å²) >= 11 is 6.92. The molecule has 1 unspecified atom stereocenters. The largest absolute Gasteiger partial charge is 0.322 e. The minimum Gasteiger partial charge on any atom is -0.322 e. The molecule has 136 valence electrons. The summed E-state index contributed by atoms with van der Waals surface area (Å²) in [6.45, 7) is 6.31. The molecule has 8 heteroatoms. The number of aryl methyl sites for hydroxylation is 1. The molecule has 1 amide bonds. The highest BCUT2D eigenvalue weighted by atomic mass is 79.9. The standard InChI is InChI=1S/C18H19Br2N5O/c1-11-17(20)12(2)25(23-11)13(3)18(26)22-16-8-21-24(10-16)9-14-4-6-15(19)7-5-14/h4-8,10,13H,9H2,1-3H3,(H,22,26). The number of benzene rings is 1. The lowest BCUT2D eigenvalue weighted by molar-refractivity contribution is -0.119. The Morgan fingerprint density at radius 3 is 2.54 bits per heavy atom. The lowest BCUT2D eigenvalue weighted by Gasteiger charge is -2.13. The molecule has 2 heterocycles. The number of halogens is 2.